The molecule has 2 rings (SSSR count). The summed E-state index contributed by atoms with van der Waals surface area (Å²) >= 11 is 0. The van der Waals surface area contributed by atoms with Crippen molar-refractivity contribution in [1.82, 2.24) is 0 Å². The fraction of sp³-hybridized carbons (Fsp3) is 0.100. The highest BCUT2D eigenvalue weighted by Gasteiger charge is 2.21. The maximum absolute atomic E-state index is 11.1. The van der Waals surface area contributed by atoms with E-state index in [1.807, 2.05) is 0 Å². The van der Waals surface area contributed by atoms with Crippen molar-refractivity contribution < 1.29 is 17.0 Å². The summed E-state index contributed by atoms with van der Waals surface area (Å²) in [7, 11) is -3.71. The number of hydrogen-bond donors (Lipinski definition) is 2. The third kappa shape index (κ3) is 2.23. The average molecular weight is 254 g/mol. The third-order valence-corrected chi connectivity index (χ3v) is 2.50. The van der Waals surface area contributed by atoms with Crippen LogP contribution in [0.3, 0.4) is 0 Å². The molecule has 1 aromatic heterocycles. The number of hydrogen-bond acceptors (Lipinski definition) is 5. The van der Waals surface area contributed by atoms with Gasteiger partial charge in [0.05, 0.1) is 11.6 Å². The Kier molecular flexibility index (Phi) is 2.55. The van der Waals surface area contributed by atoms with Gasteiger partial charge in [-0.05, 0) is 12.1 Å². The monoisotopic (exact) mass is 254 g/mol. The van der Waals surface area contributed by atoms with Crippen LogP contribution in [0.5, 0.6) is 5.75 Å². The maximum Gasteiger partial charge on any atom is 0.306 e. The van der Waals surface area contributed by atoms with Crippen LogP contribution in [0, 0.1) is 5.41 Å². The molecule has 3 N–H and O–H groups in total. The van der Waals surface area contributed by atoms with Crippen molar-refractivity contribution in [1.29, 1.82) is 5.41 Å². The van der Waals surface area contributed by atoms with Crippen molar-refractivity contribution in [2.45, 2.75) is 0 Å². The molecule has 0 fully saturated rings. The fourth-order valence-electron chi connectivity index (χ4n) is 1.43. The van der Waals surface area contributed by atoms with E-state index in [2.05, 4.69) is 0 Å². The summed E-state index contributed by atoms with van der Waals surface area (Å²) < 4.78 is 32.4. The zero-order valence-electron chi connectivity index (χ0n) is 8.93. The van der Waals surface area contributed by atoms with Gasteiger partial charge < -0.3 is 14.3 Å². The maximum atomic E-state index is 11.1. The number of nitrogens with one attached hydrogen (secondary N) is 1. The first-order chi connectivity index (χ1) is 7.88. The van der Waals surface area contributed by atoms with Crippen molar-refractivity contribution in [3.63, 3.8) is 0 Å². The molecular formula is C10H10N2O4S. The predicted octanol–water partition coefficient (Wildman–Crippen LogP) is 1.06. The van der Waals surface area contributed by atoms with E-state index in [1.54, 1.807) is 24.3 Å². The normalized spacial score (nSPS) is 11.6. The number of rotatable bonds is 3. The van der Waals surface area contributed by atoms with E-state index in [1.165, 1.54) is 0 Å². The minimum absolute atomic E-state index is 0.0457. The first kappa shape index (κ1) is 11.5. The molecule has 2 aromatic rings. The van der Waals surface area contributed by atoms with Gasteiger partial charge >= 0.3 is 10.1 Å². The lowest BCUT2D eigenvalue weighted by Gasteiger charge is -2.02. The van der Waals surface area contributed by atoms with Crippen molar-refractivity contribution in [3.05, 3.63) is 30.0 Å². The lowest BCUT2D eigenvalue weighted by atomic mass is 10.2. The highest BCUT2D eigenvalue weighted by molar-refractivity contribution is 7.86. The molecule has 0 spiro atoms. The van der Waals surface area contributed by atoms with Crippen LogP contribution < -0.4 is 9.92 Å². The van der Waals surface area contributed by atoms with Gasteiger partial charge in [0.15, 0.2) is 11.6 Å². The molecule has 0 saturated heterocycles. The zero-order valence-corrected chi connectivity index (χ0v) is 9.74. The van der Waals surface area contributed by atoms with Gasteiger partial charge in [-0.25, -0.2) is 0 Å². The van der Waals surface area contributed by atoms with E-state index in [9.17, 15) is 8.42 Å². The minimum atomic E-state index is -3.71. The Morgan fingerprint density at radius 3 is 2.65 bits per heavy atom. The summed E-state index contributed by atoms with van der Waals surface area (Å²) in [5.74, 6) is -0.521. The molecule has 0 bridgehead atoms. The SMILES string of the molecule is CS(=O)(=O)Oc1c(C(=N)N)oc2ccccc12. The summed E-state index contributed by atoms with van der Waals surface area (Å²) in [6.07, 6.45) is 0.915. The topological polar surface area (TPSA) is 106 Å². The van der Waals surface area contributed by atoms with Crippen LogP contribution in [0.25, 0.3) is 11.0 Å². The summed E-state index contributed by atoms with van der Waals surface area (Å²) in [6, 6.07) is 6.69. The Morgan fingerprint density at radius 1 is 1.41 bits per heavy atom. The van der Waals surface area contributed by atoms with Crippen molar-refractivity contribution in [2.75, 3.05) is 6.26 Å². The molecular weight excluding hydrogens is 244 g/mol. The number of benzene rings is 1. The lowest BCUT2D eigenvalue weighted by molar-refractivity contribution is 0.484. The molecule has 1 aromatic carbocycles. The van der Waals surface area contributed by atoms with Gasteiger partial charge in [-0.1, -0.05) is 12.1 Å². The van der Waals surface area contributed by atoms with Crippen LogP contribution in [0.4, 0.5) is 0 Å². The molecule has 1 heterocycles. The molecule has 0 aliphatic rings. The number of fused-ring (bicyclic) bond motifs is 1. The highest BCUT2D eigenvalue weighted by atomic mass is 32.2. The van der Waals surface area contributed by atoms with Crippen LogP contribution in [0.2, 0.25) is 0 Å². The van der Waals surface area contributed by atoms with Gasteiger partial charge in [-0.3, -0.25) is 5.41 Å². The van der Waals surface area contributed by atoms with Crippen LogP contribution in [0.1, 0.15) is 5.76 Å². The van der Waals surface area contributed by atoms with Gasteiger partial charge in [-0.15, -0.1) is 0 Å². The smallest absolute Gasteiger partial charge is 0.306 e. The number of furan rings is 1. The molecule has 0 aliphatic carbocycles. The average Bonchev–Trinajstić information content (AvgIpc) is 2.55. The van der Waals surface area contributed by atoms with Gasteiger partial charge in [0, 0.05) is 0 Å². The molecule has 6 nitrogen and oxygen atoms in total. The standard InChI is InChI=1S/C10H10N2O4S/c1-17(13,14)16-8-6-4-2-3-5-7(6)15-9(8)10(11)12/h2-5H,1H3,(H3,11,12). The second kappa shape index (κ2) is 3.77. The first-order valence-corrected chi connectivity index (χ1v) is 6.45. The Bertz CT molecular complexity index is 687. The summed E-state index contributed by atoms with van der Waals surface area (Å²) in [6.45, 7) is 0. The fourth-order valence-corrected chi connectivity index (χ4v) is 1.90. The van der Waals surface area contributed by atoms with Gasteiger partial charge in [-0.2, -0.15) is 8.42 Å². The number of nitrogens with two attached hydrogens (primary N) is 1. The largest absolute Gasteiger partial charge is 0.449 e. The Hall–Kier alpha value is -2.02. The molecule has 17 heavy (non-hydrogen) atoms. The van der Waals surface area contributed by atoms with Gasteiger partial charge in [0.1, 0.15) is 5.58 Å². The molecule has 0 unspecified atom stereocenters. The molecule has 0 radical (unpaired) electrons. The molecule has 0 aliphatic heterocycles. The zero-order chi connectivity index (χ0) is 12.6. The Morgan fingerprint density at radius 2 is 2.06 bits per heavy atom. The van der Waals surface area contributed by atoms with E-state index in [-0.39, 0.29) is 17.3 Å². The molecule has 90 valence electrons. The third-order valence-electron chi connectivity index (χ3n) is 2.03. The summed E-state index contributed by atoms with van der Waals surface area (Å²) in [4.78, 5) is 0. The first-order valence-electron chi connectivity index (χ1n) is 4.64. The molecule has 0 atom stereocenters. The second-order valence-corrected chi connectivity index (χ2v) is 5.03. The quantitative estimate of drug-likeness (QED) is 0.484. The molecule has 0 amide bonds. The van der Waals surface area contributed by atoms with Crippen LogP contribution in [-0.4, -0.2) is 20.5 Å². The van der Waals surface area contributed by atoms with Crippen molar-refractivity contribution in [2.24, 2.45) is 5.73 Å². The van der Waals surface area contributed by atoms with E-state index in [4.69, 9.17) is 19.7 Å². The van der Waals surface area contributed by atoms with E-state index >= 15 is 0 Å². The van der Waals surface area contributed by atoms with Crippen LogP contribution >= 0.6 is 0 Å². The summed E-state index contributed by atoms with van der Waals surface area (Å²) in [5.41, 5.74) is 5.73. The van der Waals surface area contributed by atoms with Crippen LogP contribution in [0.15, 0.2) is 28.7 Å². The number of amidine groups is 1. The van der Waals surface area contributed by atoms with Crippen molar-refractivity contribution in [3.8, 4) is 5.75 Å². The van der Waals surface area contributed by atoms with Gasteiger partial charge in [0.2, 0.25) is 5.76 Å². The second-order valence-electron chi connectivity index (χ2n) is 3.46. The predicted molar refractivity (Wildman–Crippen MR) is 62.7 cm³/mol. The highest BCUT2D eigenvalue weighted by Crippen LogP contribution is 2.33. The molecule has 7 heteroatoms. The van der Waals surface area contributed by atoms with Gasteiger partial charge in [0.25, 0.3) is 0 Å². The summed E-state index contributed by atoms with van der Waals surface area (Å²) in [5, 5.41) is 7.79. The Balaban J connectivity index is 2.72. The van der Waals surface area contributed by atoms with Crippen LogP contribution in [-0.2, 0) is 10.1 Å². The van der Waals surface area contributed by atoms with Crippen molar-refractivity contribution >= 4 is 26.9 Å². The molecule has 0 saturated carbocycles. The van der Waals surface area contributed by atoms with E-state index in [0.717, 1.165) is 6.26 Å². The number of para-hydroxylation sites is 1. The van der Waals surface area contributed by atoms with E-state index < -0.39 is 10.1 Å². The minimum Gasteiger partial charge on any atom is -0.449 e. The lowest BCUT2D eigenvalue weighted by Crippen LogP contribution is -2.13. The Labute approximate surface area is 97.6 Å². The van der Waals surface area contributed by atoms with E-state index in [0.29, 0.717) is 11.0 Å². The number of nitrogen functional groups attached to an aromatic ring is 1.